The molecular weight excluding hydrogens is 268 g/mol. The van der Waals surface area contributed by atoms with Crippen LogP contribution in [0.3, 0.4) is 0 Å². The van der Waals surface area contributed by atoms with Crippen LogP contribution in [0.1, 0.15) is 11.1 Å². The van der Waals surface area contributed by atoms with E-state index in [9.17, 15) is 15.0 Å². The minimum Gasteiger partial charge on any atom is -0.508 e. The third-order valence-corrected chi connectivity index (χ3v) is 3.17. The fraction of sp³-hybridized carbons (Fsp3) is 0.188. The predicted octanol–water partition coefficient (Wildman–Crippen LogP) is 1.39. The van der Waals surface area contributed by atoms with Gasteiger partial charge in [-0.05, 0) is 30.2 Å². The van der Waals surface area contributed by atoms with Gasteiger partial charge in [0.2, 0.25) is 5.91 Å². The molecule has 0 aliphatic heterocycles. The van der Waals surface area contributed by atoms with Gasteiger partial charge in [0, 0.05) is 11.3 Å². The largest absolute Gasteiger partial charge is 0.508 e. The molecule has 0 spiro atoms. The smallest absolute Gasteiger partial charge is 0.241 e. The van der Waals surface area contributed by atoms with E-state index in [2.05, 4.69) is 5.32 Å². The minimum atomic E-state index is -0.707. The number of amides is 1. The topological polar surface area (TPSA) is 95.6 Å². The molecule has 0 radical (unpaired) electrons. The second-order valence-corrected chi connectivity index (χ2v) is 4.78. The van der Waals surface area contributed by atoms with E-state index in [4.69, 9.17) is 5.73 Å². The first-order chi connectivity index (χ1) is 10.1. The van der Waals surface area contributed by atoms with Crippen molar-refractivity contribution < 1.29 is 15.0 Å². The summed E-state index contributed by atoms with van der Waals surface area (Å²) in [7, 11) is 0. The number of nitrogens with one attached hydrogen (secondary N) is 1. The Morgan fingerprint density at radius 1 is 1.14 bits per heavy atom. The number of phenols is 1. The van der Waals surface area contributed by atoms with Crippen LogP contribution < -0.4 is 11.1 Å². The number of aliphatic hydroxyl groups excluding tert-OH is 1. The lowest BCUT2D eigenvalue weighted by molar-refractivity contribution is -0.117. The van der Waals surface area contributed by atoms with Gasteiger partial charge in [-0.1, -0.05) is 30.3 Å². The van der Waals surface area contributed by atoms with E-state index >= 15 is 0 Å². The summed E-state index contributed by atoms with van der Waals surface area (Å²) in [5, 5.41) is 21.2. The second kappa shape index (κ2) is 6.88. The van der Waals surface area contributed by atoms with Crippen molar-refractivity contribution in [2.45, 2.75) is 19.1 Å². The molecule has 1 atom stereocenters. The van der Waals surface area contributed by atoms with Crippen molar-refractivity contribution in [2.24, 2.45) is 5.73 Å². The average molecular weight is 286 g/mol. The second-order valence-electron chi connectivity index (χ2n) is 4.78. The van der Waals surface area contributed by atoms with Crippen LogP contribution in [-0.2, 0) is 17.8 Å². The molecule has 0 aliphatic rings. The number of aliphatic hydroxyl groups is 1. The quantitative estimate of drug-likeness (QED) is 0.668. The molecule has 110 valence electrons. The zero-order valence-electron chi connectivity index (χ0n) is 11.5. The maximum Gasteiger partial charge on any atom is 0.241 e. The van der Waals surface area contributed by atoms with Crippen molar-refractivity contribution in [3.05, 3.63) is 59.7 Å². The Morgan fingerprint density at radius 3 is 2.48 bits per heavy atom. The molecule has 1 unspecified atom stereocenters. The molecule has 2 aromatic carbocycles. The van der Waals surface area contributed by atoms with Crippen LogP contribution in [0.2, 0.25) is 0 Å². The maximum absolute atomic E-state index is 12.1. The van der Waals surface area contributed by atoms with E-state index in [0.29, 0.717) is 17.7 Å². The molecule has 0 fully saturated rings. The third-order valence-electron chi connectivity index (χ3n) is 3.17. The number of benzene rings is 2. The molecule has 5 nitrogen and oxygen atoms in total. The van der Waals surface area contributed by atoms with E-state index in [1.54, 1.807) is 48.5 Å². The van der Waals surface area contributed by atoms with Gasteiger partial charge >= 0.3 is 0 Å². The summed E-state index contributed by atoms with van der Waals surface area (Å²) < 4.78 is 0. The Labute approximate surface area is 123 Å². The van der Waals surface area contributed by atoms with Crippen LogP contribution in [0.4, 0.5) is 5.69 Å². The molecule has 1 amide bonds. The average Bonchev–Trinajstić information content (AvgIpc) is 2.50. The van der Waals surface area contributed by atoms with E-state index in [1.165, 1.54) is 0 Å². The van der Waals surface area contributed by atoms with Crippen LogP contribution in [0, 0.1) is 0 Å². The molecule has 5 N–H and O–H groups in total. The zero-order valence-corrected chi connectivity index (χ0v) is 11.5. The highest BCUT2D eigenvalue weighted by atomic mass is 16.3. The van der Waals surface area contributed by atoms with Crippen LogP contribution in [0.15, 0.2) is 48.5 Å². The molecule has 0 bridgehead atoms. The highest BCUT2D eigenvalue weighted by molar-refractivity contribution is 5.95. The molecule has 0 aromatic heterocycles. The van der Waals surface area contributed by atoms with Gasteiger partial charge in [0.05, 0.1) is 12.6 Å². The van der Waals surface area contributed by atoms with Crippen molar-refractivity contribution in [3.63, 3.8) is 0 Å². The Bertz CT molecular complexity index is 611. The number of carbonyl (C=O) groups is 1. The van der Waals surface area contributed by atoms with E-state index in [1.807, 2.05) is 0 Å². The Morgan fingerprint density at radius 2 is 1.81 bits per heavy atom. The van der Waals surface area contributed by atoms with Crippen molar-refractivity contribution in [1.82, 2.24) is 0 Å². The van der Waals surface area contributed by atoms with E-state index < -0.39 is 6.04 Å². The van der Waals surface area contributed by atoms with Gasteiger partial charge in [-0.3, -0.25) is 4.79 Å². The first-order valence-electron chi connectivity index (χ1n) is 6.63. The van der Waals surface area contributed by atoms with Gasteiger partial charge in [-0.25, -0.2) is 0 Å². The fourth-order valence-electron chi connectivity index (χ4n) is 1.98. The fourth-order valence-corrected chi connectivity index (χ4v) is 1.98. The lowest BCUT2D eigenvalue weighted by Crippen LogP contribution is -2.37. The molecule has 5 heteroatoms. The standard InChI is InChI=1S/C16H18N2O3/c17-14(9-11-5-7-13(20)8-6-11)16(21)18-15-4-2-1-3-12(15)10-19/h1-8,14,19-20H,9-10,17H2,(H,18,21). The predicted molar refractivity (Wildman–Crippen MR) is 80.8 cm³/mol. The highest BCUT2D eigenvalue weighted by Gasteiger charge is 2.15. The molecule has 0 saturated heterocycles. The number of anilines is 1. The summed E-state index contributed by atoms with van der Waals surface area (Å²) in [6.45, 7) is -0.149. The summed E-state index contributed by atoms with van der Waals surface area (Å²) in [6.07, 6.45) is 0.368. The van der Waals surface area contributed by atoms with Crippen molar-refractivity contribution >= 4 is 11.6 Å². The minimum absolute atomic E-state index is 0.149. The lowest BCUT2D eigenvalue weighted by Gasteiger charge is -2.14. The number of para-hydroxylation sites is 1. The van der Waals surface area contributed by atoms with Gasteiger partial charge < -0.3 is 21.3 Å². The molecule has 21 heavy (non-hydrogen) atoms. The number of nitrogens with two attached hydrogens (primary N) is 1. The van der Waals surface area contributed by atoms with Crippen LogP contribution in [-0.4, -0.2) is 22.2 Å². The monoisotopic (exact) mass is 286 g/mol. The Kier molecular flexibility index (Phi) is 4.92. The first kappa shape index (κ1) is 15.0. The third kappa shape index (κ3) is 4.05. The summed E-state index contributed by atoms with van der Waals surface area (Å²) in [5.74, 6) is -0.141. The van der Waals surface area contributed by atoms with Crippen molar-refractivity contribution in [2.75, 3.05) is 5.32 Å². The summed E-state index contributed by atoms with van der Waals surface area (Å²) in [6, 6.07) is 12.9. The number of phenolic OH excluding ortho intramolecular Hbond substituents is 1. The summed E-state index contributed by atoms with van der Waals surface area (Å²) >= 11 is 0. The van der Waals surface area contributed by atoms with Crippen LogP contribution in [0.5, 0.6) is 5.75 Å². The van der Waals surface area contributed by atoms with Gasteiger partial charge in [0.1, 0.15) is 5.75 Å². The van der Waals surface area contributed by atoms with Crippen LogP contribution in [0.25, 0.3) is 0 Å². The first-order valence-corrected chi connectivity index (χ1v) is 6.63. The normalized spacial score (nSPS) is 11.9. The Hall–Kier alpha value is -2.37. The number of carbonyl (C=O) groups excluding carboxylic acids is 1. The van der Waals surface area contributed by atoms with Crippen LogP contribution >= 0.6 is 0 Å². The number of hydrogen-bond donors (Lipinski definition) is 4. The van der Waals surface area contributed by atoms with Crippen molar-refractivity contribution in [3.8, 4) is 5.75 Å². The highest BCUT2D eigenvalue weighted by Crippen LogP contribution is 2.16. The van der Waals surface area contributed by atoms with E-state index in [0.717, 1.165) is 5.56 Å². The molecule has 0 aliphatic carbocycles. The lowest BCUT2D eigenvalue weighted by atomic mass is 10.1. The SMILES string of the molecule is NC(Cc1ccc(O)cc1)C(=O)Nc1ccccc1CO. The maximum atomic E-state index is 12.1. The number of aromatic hydroxyl groups is 1. The summed E-state index contributed by atoms with van der Waals surface area (Å²) in [4.78, 5) is 12.1. The molecule has 2 aromatic rings. The van der Waals surface area contributed by atoms with Gasteiger partial charge in [-0.15, -0.1) is 0 Å². The molecule has 0 saturated carbocycles. The number of rotatable bonds is 5. The van der Waals surface area contributed by atoms with Crippen molar-refractivity contribution in [1.29, 1.82) is 0 Å². The van der Waals surface area contributed by atoms with E-state index in [-0.39, 0.29) is 18.3 Å². The molecule has 2 rings (SSSR count). The molecular formula is C16H18N2O3. The van der Waals surface area contributed by atoms with Gasteiger partial charge in [-0.2, -0.15) is 0 Å². The zero-order chi connectivity index (χ0) is 15.2. The molecule has 0 heterocycles. The number of hydrogen-bond acceptors (Lipinski definition) is 4. The summed E-state index contributed by atoms with van der Waals surface area (Å²) in [5.41, 5.74) is 7.96. The van der Waals surface area contributed by atoms with Gasteiger partial charge in [0.15, 0.2) is 0 Å². The Balaban J connectivity index is 2.01. The van der Waals surface area contributed by atoms with Gasteiger partial charge in [0.25, 0.3) is 0 Å².